The summed E-state index contributed by atoms with van der Waals surface area (Å²) in [6.45, 7) is 8.86. The first-order valence-electron chi connectivity index (χ1n) is 9.12. The maximum Gasteiger partial charge on any atom is 0.234 e. The number of hydrogen-bond acceptors (Lipinski definition) is 2. The van der Waals surface area contributed by atoms with Crippen molar-refractivity contribution in [2.75, 3.05) is 19.6 Å². The Hall–Kier alpha value is -1.81. The molecule has 3 rings (SSSR count). The van der Waals surface area contributed by atoms with E-state index in [1.165, 1.54) is 16.5 Å². The summed E-state index contributed by atoms with van der Waals surface area (Å²) in [5.74, 6) is 1.22. The number of para-hydroxylation sites is 1. The number of aromatic nitrogens is 1. The number of carbonyl (C=O) groups excluding carboxylic acids is 1. The minimum atomic E-state index is 0.154. The second kappa shape index (κ2) is 7.39. The van der Waals surface area contributed by atoms with Crippen LogP contribution < -0.4 is 5.32 Å². The highest BCUT2D eigenvalue weighted by Crippen LogP contribution is 2.32. The molecular formula is C20H29N3O. The lowest BCUT2D eigenvalue weighted by atomic mass is 9.89. The minimum absolute atomic E-state index is 0.154. The first-order valence-corrected chi connectivity index (χ1v) is 9.12. The number of fused-ring (bicyclic) bond motifs is 1. The number of likely N-dealkylation sites (tertiary alicyclic amines) is 1. The Kier molecular flexibility index (Phi) is 5.24. The lowest BCUT2D eigenvalue weighted by Gasteiger charge is -2.32. The van der Waals surface area contributed by atoms with Crippen LogP contribution in [0, 0.1) is 5.92 Å². The number of hydrogen-bond donors (Lipinski definition) is 2. The molecule has 24 heavy (non-hydrogen) atoms. The summed E-state index contributed by atoms with van der Waals surface area (Å²) in [7, 11) is 0. The van der Waals surface area contributed by atoms with Crippen molar-refractivity contribution in [3.8, 4) is 0 Å². The van der Waals surface area contributed by atoms with Crippen molar-refractivity contribution in [3.63, 3.8) is 0 Å². The Labute approximate surface area is 144 Å². The zero-order chi connectivity index (χ0) is 17.1. The molecule has 1 aliphatic heterocycles. The molecule has 0 spiro atoms. The molecule has 1 aromatic heterocycles. The van der Waals surface area contributed by atoms with Crippen molar-refractivity contribution in [3.05, 3.63) is 36.0 Å². The van der Waals surface area contributed by atoms with Gasteiger partial charge in [-0.15, -0.1) is 0 Å². The van der Waals surface area contributed by atoms with E-state index in [2.05, 4.69) is 66.4 Å². The average Bonchev–Trinajstić information content (AvgIpc) is 2.99. The van der Waals surface area contributed by atoms with Crippen molar-refractivity contribution < 1.29 is 4.79 Å². The van der Waals surface area contributed by atoms with Crippen LogP contribution in [-0.4, -0.2) is 41.5 Å². The normalized spacial score (nSPS) is 18.2. The Morgan fingerprint density at radius 1 is 1.25 bits per heavy atom. The Balaban J connectivity index is 1.53. The summed E-state index contributed by atoms with van der Waals surface area (Å²) < 4.78 is 0. The van der Waals surface area contributed by atoms with Gasteiger partial charge in [-0.05, 0) is 56.3 Å². The molecule has 0 aliphatic carbocycles. The molecule has 1 fully saturated rings. The molecule has 1 unspecified atom stereocenters. The van der Waals surface area contributed by atoms with Crippen LogP contribution in [0.1, 0.15) is 45.1 Å². The van der Waals surface area contributed by atoms with Gasteiger partial charge >= 0.3 is 0 Å². The van der Waals surface area contributed by atoms with Gasteiger partial charge in [0.25, 0.3) is 0 Å². The van der Waals surface area contributed by atoms with E-state index in [4.69, 9.17) is 0 Å². The van der Waals surface area contributed by atoms with Gasteiger partial charge in [-0.1, -0.05) is 32.0 Å². The Morgan fingerprint density at radius 2 is 1.96 bits per heavy atom. The number of aromatic amines is 1. The predicted octanol–water partition coefficient (Wildman–Crippen LogP) is 3.51. The fraction of sp³-hybridized carbons (Fsp3) is 0.550. The molecule has 0 radical (unpaired) electrons. The molecule has 0 bridgehead atoms. The molecule has 2 heterocycles. The number of benzene rings is 1. The van der Waals surface area contributed by atoms with Crippen LogP contribution in [-0.2, 0) is 4.79 Å². The van der Waals surface area contributed by atoms with E-state index in [9.17, 15) is 4.79 Å². The number of rotatable bonds is 5. The Morgan fingerprint density at radius 3 is 2.67 bits per heavy atom. The molecule has 4 heteroatoms. The van der Waals surface area contributed by atoms with Gasteiger partial charge in [-0.2, -0.15) is 0 Å². The lowest BCUT2D eigenvalue weighted by molar-refractivity contribution is -0.123. The van der Waals surface area contributed by atoms with Crippen LogP contribution in [0.15, 0.2) is 30.5 Å². The lowest BCUT2D eigenvalue weighted by Crippen LogP contribution is -2.44. The highest BCUT2D eigenvalue weighted by molar-refractivity contribution is 5.83. The monoisotopic (exact) mass is 327 g/mol. The maximum absolute atomic E-state index is 12.2. The molecular weight excluding hydrogens is 298 g/mol. The van der Waals surface area contributed by atoms with Gasteiger partial charge in [0.15, 0.2) is 0 Å². The zero-order valence-corrected chi connectivity index (χ0v) is 15.0. The molecule has 4 nitrogen and oxygen atoms in total. The smallest absolute Gasteiger partial charge is 0.234 e. The van der Waals surface area contributed by atoms with E-state index in [0.717, 1.165) is 25.9 Å². The summed E-state index contributed by atoms with van der Waals surface area (Å²) in [6, 6.07) is 8.75. The number of nitrogens with one attached hydrogen (secondary N) is 2. The first-order chi connectivity index (χ1) is 11.5. The molecule has 0 saturated carbocycles. The van der Waals surface area contributed by atoms with Crippen molar-refractivity contribution in [2.45, 2.75) is 45.6 Å². The van der Waals surface area contributed by atoms with Gasteiger partial charge in [0.1, 0.15) is 0 Å². The van der Waals surface area contributed by atoms with Crippen LogP contribution in [0.4, 0.5) is 0 Å². The third kappa shape index (κ3) is 3.81. The van der Waals surface area contributed by atoms with Gasteiger partial charge in [-0.3, -0.25) is 9.69 Å². The number of amides is 1. The minimum Gasteiger partial charge on any atom is -0.361 e. The number of carbonyl (C=O) groups is 1. The molecule has 130 valence electrons. The third-order valence-corrected chi connectivity index (χ3v) is 5.40. The summed E-state index contributed by atoms with van der Waals surface area (Å²) in [4.78, 5) is 17.8. The quantitative estimate of drug-likeness (QED) is 0.883. The van der Waals surface area contributed by atoms with Crippen molar-refractivity contribution in [2.24, 2.45) is 5.92 Å². The number of H-pyrrole nitrogens is 1. The van der Waals surface area contributed by atoms with E-state index < -0.39 is 0 Å². The van der Waals surface area contributed by atoms with E-state index in [-0.39, 0.29) is 11.9 Å². The fourth-order valence-corrected chi connectivity index (χ4v) is 3.50. The second-order valence-corrected chi connectivity index (χ2v) is 7.44. The van der Waals surface area contributed by atoms with Gasteiger partial charge in [0, 0.05) is 23.1 Å². The van der Waals surface area contributed by atoms with Gasteiger partial charge in [0.2, 0.25) is 5.91 Å². The molecule has 1 amide bonds. The summed E-state index contributed by atoms with van der Waals surface area (Å²) in [5, 5.41) is 4.45. The number of nitrogens with zero attached hydrogens (tertiary/aromatic N) is 1. The summed E-state index contributed by atoms with van der Waals surface area (Å²) in [5.41, 5.74) is 2.65. The molecule has 2 N–H and O–H groups in total. The average molecular weight is 327 g/mol. The van der Waals surface area contributed by atoms with E-state index >= 15 is 0 Å². The van der Waals surface area contributed by atoms with Crippen LogP contribution in [0.3, 0.4) is 0 Å². The standard InChI is InChI=1S/C20H29N3O/c1-14(2)15(3)22-20(24)13-23-10-8-16(9-11-23)18-12-21-19-7-5-4-6-17(18)19/h4-7,12,14-16,21H,8-11,13H2,1-3H3,(H,22,24). The highest BCUT2D eigenvalue weighted by Gasteiger charge is 2.24. The molecule has 2 aromatic rings. The van der Waals surface area contributed by atoms with Crippen LogP contribution in [0.5, 0.6) is 0 Å². The SMILES string of the molecule is CC(C)C(C)NC(=O)CN1CCC(c2c[nH]c3ccccc23)CC1. The van der Waals surface area contributed by atoms with Gasteiger partial charge < -0.3 is 10.3 Å². The first kappa shape index (κ1) is 17.0. The molecule has 1 atom stereocenters. The van der Waals surface area contributed by atoms with Crippen LogP contribution in [0.25, 0.3) is 10.9 Å². The molecule has 1 aromatic carbocycles. The van der Waals surface area contributed by atoms with Gasteiger partial charge in [0.05, 0.1) is 6.54 Å². The Bertz CT molecular complexity index is 683. The largest absolute Gasteiger partial charge is 0.361 e. The van der Waals surface area contributed by atoms with Crippen molar-refractivity contribution in [1.82, 2.24) is 15.2 Å². The van der Waals surface area contributed by atoms with Crippen molar-refractivity contribution in [1.29, 1.82) is 0 Å². The number of piperidine rings is 1. The third-order valence-electron chi connectivity index (χ3n) is 5.40. The van der Waals surface area contributed by atoms with Crippen LogP contribution in [0.2, 0.25) is 0 Å². The van der Waals surface area contributed by atoms with E-state index in [0.29, 0.717) is 18.4 Å². The fourth-order valence-electron chi connectivity index (χ4n) is 3.50. The summed E-state index contributed by atoms with van der Waals surface area (Å²) in [6.07, 6.45) is 4.41. The van der Waals surface area contributed by atoms with E-state index in [1.807, 2.05) is 0 Å². The summed E-state index contributed by atoms with van der Waals surface area (Å²) >= 11 is 0. The predicted molar refractivity (Wildman–Crippen MR) is 99.2 cm³/mol. The molecule has 1 saturated heterocycles. The molecule has 1 aliphatic rings. The second-order valence-electron chi connectivity index (χ2n) is 7.44. The van der Waals surface area contributed by atoms with E-state index in [1.54, 1.807) is 0 Å². The van der Waals surface area contributed by atoms with Crippen LogP contribution >= 0.6 is 0 Å². The van der Waals surface area contributed by atoms with Crippen molar-refractivity contribution >= 4 is 16.8 Å². The maximum atomic E-state index is 12.2. The zero-order valence-electron chi connectivity index (χ0n) is 15.0. The highest BCUT2D eigenvalue weighted by atomic mass is 16.2. The van der Waals surface area contributed by atoms with Gasteiger partial charge in [-0.25, -0.2) is 0 Å². The topological polar surface area (TPSA) is 48.1 Å².